The normalized spacial score (nSPS) is 13.7. The van der Waals surface area contributed by atoms with E-state index in [2.05, 4.69) is 10.2 Å². The Kier molecular flexibility index (Phi) is 7.62. The zero-order chi connectivity index (χ0) is 19.9. The van der Waals surface area contributed by atoms with Crippen LogP contribution in [0.5, 0.6) is 5.75 Å². The summed E-state index contributed by atoms with van der Waals surface area (Å²) in [5, 5.41) is 9.08. The van der Waals surface area contributed by atoms with Crippen molar-refractivity contribution in [3.8, 4) is 17.2 Å². The van der Waals surface area contributed by atoms with Gasteiger partial charge in [-0.25, -0.2) is 0 Å². The number of ether oxygens (including phenoxy) is 2. The number of aromatic nitrogens is 2. The minimum absolute atomic E-state index is 0.170. The topological polar surface area (TPSA) is 74.5 Å². The van der Waals surface area contributed by atoms with Gasteiger partial charge in [0.2, 0.25) is 5.89 Å². The van der Waals surface area contributed by atoms with Gasteiger partial charge >= 0.3 is 5.97 Å². The Balaban J connectivity index is 1.45. The van der Waals surface area contributed by atoms with Crippen molar-refractivity contribution < 1.29 is 18.7 Å². The zero-order valence-corrected chi connectivity index (χ0v) is 17.7. The zero-order valence-electron chi connectivity index (χ0n) is 16.2. The molecule has 28 heavy (non-hydrogen) atoms. The standard InChI is InChI=1S/C20H25ClN2O4S/c1-13(2)11-26-18(24)4-3-9-28-20-23-22-19(27-20)16-8-7-15(10-17(16)21)25-12-14-5-6-14/h7-8,10,13-14H,3-6,9,11-12H2,1-2H3. The first-order valence-corrected chi connectivity index (χ1v) is 10.9. The molecule has 0 spiro atoms. The minimum Gasteiger partial charge on any atom is -0.493 e. The van der Waals surface area contributed by atoms with Crippen molar-refractivity contribution >= 4 is 29.3 Å². The van der Waals surface area contributed by atoms with E-state index < -0.39 is 0 Å². The Morgan fingerprint density at radius 2 is 2.18 bits per heavy atom. The van der Waals surface area contributed by atoms with Gasteiger partial charge in [0.05, 0.1) is 23.8 Å². The number of carbonyl (C=O) groups excluding carboxylic acids is 1. The number of hydrogen-bond acceptors (Lipinski definition) is 7. The van der Waals surface area contributed by atoms with Crippen molar-refractivity contribution in [1.82, 2.24) is 10.2 Å². The molecule has 0 bridgehead atoms. The monoisotopic (exact) mass is 424 g/mol. The van der Waals surface area contributed by atoms with Crippen LogP contribution in [-0.2, 0) is 9.53 Å². The molecule has 2 aromatic rings. The van der Waals surface area contributed by atoms with Crippen LogP contribution in [0.2, 0.25) is 5.02 Å². The lowest BCUT2D eigenvalue weighted by Crippen LogP contribution is -2.09. The summed E-state index contributed by atoms with van der Waals surface area (Å²) in [5.41, 5.74) is 0.678. The van der Waals surface area contributed by atoms with Crippen molar-refractivity contribution in [1.29, 1.82) is 0 Å². The molecular weight excluding hydrogens is 400 g/mol. The Morgan fingerprint density at radius 3 is 2.89 bits per heavy atom. The number of esters is 1. The largest absolute Gasteiger partial charge is 0.493 e. The fourth-order valence-corrected chi connectivity index (χ4v) is 3.29. The minimum atomic E-state index is -0.170. The van der Waals surface area contributed by atoms with Crippen molar-refractivity contribution in [3.63, 3.8) is 0 Å². The molecule has 1 aliphatic carbocycles. The summed E-state index contributed by atoms with van der Waals surface area (Å²) >= 11 is 7.77. The molecule has 1 saturated carbocycles. The SMILES string of the molecule is CC(C)COC(=O)CCCSc1nnc(-c2ccc(OCC3CC3)cc2Cl)o1. The van der Waals surface area contributed by atoms with Gasteiger partial charge in [0.1, 0.15) is 5.75 Å². The van der Waals surface area contributed by atoms with Gasteiger partial charge in [0.15, 0.2) is 0 Å². The van der Waals surface area contributed by atoms with Gasteiger partial charge in [-0.05, 0) is 49.3 Å². The molecule has 3 rings (SSSR count). The molecule has 6 nitrogen and oxygen atoms in total. The summed E-state index contributed by atoms with van der Waals surface area (Å²) in [6.45, 7) is 5.22. The van der Waals surface area contributed by atoms with E-state index in [0.717, 1.165) is 12.4 Å². The quantitative estimate of drug-likeness (QED) is 0.277. The number of halogens is 1. The lowest BCUT2D eigenvalue weighted by atomic mass is 10.2. The fourth-order valence-electron chi connectivity index (χ4n) is 2.34. The highest BCUT2D eigenvalue weighted by atomic mass is 35.5. The summed E-state index contributed by atoms with van der Waals surface area (Å²) in [4.78, 5) is 11.6. The number of benzene rings is 1. The predicted octanol–water partition coefficient (Wildman–Crippen LogP) is 5.25. The Morgan fingerprint density at radius 1 is 1.36 bits per heavy atom. The highest BCUT2D eigenvalue weighted by Crippen LogP contribution is 2.34. The average Bonchev–Trinajstić information content (AvgIpc) is 3.38. The lowest BCUT2D eigenvalue weighted by molar-refractivity contribution is -0.144. The van der Waals surface area contributed by atoms with Crippen molar-refractivity contribution in [2.75, 3.05) is 19.0 Å². The highest BCUT2D eigenvalue weighted by Gasteiger charge is 2.22. The number of rotatable bonds is 11. The van der Waals surface area contributed by atoms with Crippen molar-refractivity contribution in [2.24, 2.45) is 11.8 Å². The van der Waals surface area contributed by atoms with E-state index in [9.17, 15) is 4.79 Å². The van der Waals surface area contributed by atoms with Crippen LogP contribution in [0.15, 0.2) is 27.8 Å². The molecular formula is C20H25ClN2O4S. The molecule has 152 valence electrons. The summed E-state index contributed by atoms with van der Waals surface area (Å²) in [7, 11) is 0. The fraction of sp³-hybridized carbons (Fsp3) is 0.550. The third kappa shape index (κ3) is 6.71. The van der Waals surface area contributed by atoms with Crippen LogP contribution in [0.4, 0.5) is 0 Å². The lowest BCUT2D eigenvalue weighted by Gasteiger charge is -2.07. The second-order valence-electron chi connectivity index (χ2n) is 7.30. The van der Waals surface area contributed by atoms with Crippen LogP contribution in [0.25, 0.3) is 11.5 Å². The van der Waals surface area contributed by atoms with E-state index in [4.69, 9.17) is 25.5 Å². The van der Waals surface area contributed by atoms with Crippen LogP contribution in [0, 0.1) is 11.8 Å². The van der Waals surface area contributed by atoms with Gasteiger partial charge in [-0.3, -0.25) is 4.79 Å². The van der Waals surface area contributed by atoms with Gasteiger partial charge in [0, 0.05) is 12.2 Å². The first kappa shape index (κ1) is 21.0. The average molecular weight is 425 g/mol. The van der Waals surface area contributed by atoms with Crippen LogP contribution < -0.4 is 4.74 Å². The third-order valence-corrected chi connectivity index (χ3v) is 5.31. The van der Waals surface area contributed by atoms with Crippen molar-refractivity contribution in [3.05, 3.63) is 23.2 Å². The smallest absolute Gasteiger partial charge is 0.305 e. The van der Waals surface area contributed by atoms with E-state index in [1.165, 1.54) is 24.6 Å². The van der Waals surface area contributed by atoms with Gasteiger partial charge in [-0.1, -0.05) is 37.2 Å². The molecule has 0 N–H and O–H groups in total. The van der Waals surface area contributed by atoms with Crippen LogP contribution in [0.1, 0.15) is 39.5 Å². The molecule has 0 atom stereocenters. The highest BCUT2D eigenvalue weighted by molar-refractivity contribution is 7.99. The maximum Gasteiger partial charge on any atom is 0.305 e. The van der Waals surface area contributed by atoms with E-state index in [1.54, 1.807) is 6.07 Å². The van der Waals surface area contributed by atoms with Gasteiger partial charge in [-0.15, -0.1) is 10.2 Å². The summed E-state index contributed by atoms with van der Waals surface area (Å²) in [6.07, 6.45) is 3.56. The number of thioether (sulfide) groups is 1. The maximum atomic E-state index is 11.6. The van der Waals surface area contributed by atoms with E-state index in [-0.39, 0.29) is 5.97 Å². The first-order valence-electron chi connectivity index (χ1n) is 9.56. The molecule has 0 radical (unpaired) electrons. The molecule has 1 fully saturated rings. The molecule has 1 aromatic carbocycles. The summed E-state index contributed by atoms with van der Waals surface area (Å²) in [6, 6.07) is 5.47. The Hall–Kier alpha value is -1.73. The van der Waals surface area contributed by atoms with Crippen LogP contribution >= 0.6 is 23.4 Å². The molecule has 1 aliphatic rings. The van der Waals surface area contributed by atoms with Gasteiger partial charge in [0.25, 0.3) is 5.22 Å². The molecule has 0 unspecified atom stereocenters. The van der Waals surface area contributed by atoms with E-state index >= 15 is 0 Å². The molecule has 0 amide bonds. The molecule has 0 aliphatic heterocycles. The first-order chi connectivity index (χ1) is 13.5. The summed E-state index contributed by atoms with van der Waals surface area (Å²) < 4.78 is 16.6. The van der Waals surface area contributed by atoms with E-state index in [0.29, 0.717) is 58.7 Å². The molecule has 1 aromatic heterocycles. The van der Waals surface area contributed by atoms with Crippen LogP contribution in [-0.4, -0.2) is 35.1 Å². The third-order valence-electron chi connectivity index (χ3n) is 4.09. The number of hydrogen-bond donors (Lipinski definition) is 0. The second-order valence-corrected chi connectivity index (χ2v) is 8.75. The second kappa shape index (κ2) is 10.2. The van der Waals surface area contributed by atoms with Gasteiger partial charge in [-0.2, -0.15) is 0 Å². The molecule has 0 saturated heterocycles. The number of carbonyl (C=O) groups is 1. The summed E-state index contributed by atoms with van der Waals surface area (Å²) in [5.74, 6) is 2.68. The molecule has 8 heteroatoms. The van der Waals surface area contributed by atoms with Gasteiger partial charge < -0.3 is 13.9 Å². The maximum absolute atomic E-state index is 11.6. The Labute approximate surface area is 174 Å². The van der Waals surface area contributed by atoms with E-state index in [1.807, 2.05) is 26.0 Å². The number of nitrogens with zero attached hydrogens (tertiary/aromatic N) is 2. The Bertz CT molecular complexity index is 792. The van der Waals surface area contributed by atoms with Crippen molar-refractivity contribution in [2.45, 2.75) is 44.8 Å². The predicted molar refractivity (Wildman–Crippen MR) is 109 cm³/mol. The van der Waals surface area contributed by atoms with Crippen LogP contribution in [0.3, 0.4) is 0 Å². The molecule has 1 heterocycles.